The maximum absolute atomic E-state index is 12.2. The Morgan fingerprint density at radius 1 is 1.12 bits per heavy atom. The van der Waals surface area contributed by atoms with Gasteiger partial charge < -0.3 is 4.74 Å². The summed E-state index contributed by atoms with van der Waals surface area (Å²) in [5.41, 5.74) is 2.83. The second-order valence-corrected chi connectivity index (χ2v) is 5.79. The molecule has 0 aliphatic carbocycles. The normalized spacial score (nSPS) is 25.1. The van der Waals surface area contributed by atoms with Crippen molar-refractivity contribution in [2.24, 2.45) is 5.41 Å². The molecule has 88 valence electrons. The first-order valence-corrected chi connectivity index (χ1v) is 5.99. The third kappa shape index (κ3) is 1.55. The highest BCUT2D eigenvalue weighted by Gasteiger charge is 2.34. The average Bonchev–Trinajstić information content (AvgIpc) is 2.87. The topological polar surface area (TPSA) is 26.3 Å². The van der Waals surface area contributed by atoms with Gasteiger partial charge in [-0.15, -0.1) is 0 Å². The SMILES string of the molecule is CC(C)(C)C(=O)c1ccc2c(c1)C1C=CC2O1. The summed E-state index contributed by atoms with van der Waals surface area (Å²) in [6.07, 6.45) is 4.31. The van der Waals surface area contributed by atoms with E-state index >= 15 is 0 Å². The fourth-order valence-electron chi connectivity index (χ4n) is 2.46. The van der Waals surface area contributed by atoms with E-state index in [0.29, 0.717) is 0 Å². The van der Waals surface area contributed by atoms with E-state index in [9.17, 15) is 4.79 Å². The van der Waals surface area contributed by atoms with E-state index in [1.165, 1.54) is 5.56 Å². The third-order valence-electron chi connectivity index (χ3n) is 3.40. The molecule has 2 heterocycles. The summed E-state index contributed by atoms with van der Waals surface area (Å²) < 4.78 is 5.74. The lowest BCUT2D eigenvalue weighted by atomic mass is 9.84. The predicted molar refractivity (Wildman–Crippen MR) is 65.9 cm³/mol. The minimum absolute atomic E-state index is 0.0581. The molecule has 2 aliphatic heterocycles. The standard InChI is InChI=1S/C15H16O2/c1-15(2,3)14(16)9-4-5-10-11(8-9)13-7-6-12(10)17-13/h4-8,12-13H,1-3H3. The Labute approximate surface area is 101 Å². The number of carbonyl (C=O) groups is 1. The molecule has 2 nitrogen and oxygen atoms in total. The minimum Gasteiger partial charge on any atom is -0.357 e. The Bertz CT molecular complexity index is 520. The van der Waals surface area contributed by atoms with E-state index < -0.39 is 0 Å². The fourth-order valence-corrected chi connectivity index (χ4v) is 2.46. The van der Waals surface area contributed by atoms with E-state index in [-0.39, 0.29) is 23.4 Å². The zero-order valence-corrected chi connectivity index (χ0v) is 10.4. The highest BCUT2D eigenvalue weighted by Crippen LogP contribution is 2.46. The first-order chi connectivity index (χ1) is 7.97. The van der Waals surface area contributed by atoms with Crippen LogP contribution in [-0.4, -0.2) is 5.78 Å². The molecule has 0 N–H and O–H groups in total. The molecule has 2 heteroatoms. The molecular weight excluding hydrogens is 212 g/mol. The first kappa shape index (κ1) is 10.7. The van der Waals surface area contributed by atoms with E-state index in [0.717, 1.165) is 11.1 Å². The summed E-state index contributed by atoms with van der Waals surface area (Å²) in [7, 11) is 0. The largest absolute Gasteiger partial charge is 0.357 e. The molecule has 2 atom stereocenters. The van der Waals surface area contributed by atoms with E-state index in [1.54, 1.807) is 0 Å². The van der Waals surface area contributed by atoms with Gasteiger partial charge in [-0.2, -0.15) is 0 Å². The maximum atomic E-state index is 12.2. The van der Waals surface area contributed by atoms with Crippen LogP contribution in [0.15, 0.2) is 30.4 Å². The second kappa shape index (κ2) is 3.30. The van der Waals surface area contributed by atoms with Crippen LogP contribution >= 0.6 is 0 Å². The van der Waals surface area contributed by atoms with E-state index in [4.69, 9.17) is 4.74 Å². The number of fused-ring (bicyclic) bond motifs is 5. The van der Waals surface area contributed by atoms with Crippen molar-refractivity contribution in [1.82, 2.24) is 0 Å². The fraction of sp³-hybridized carbons (Fsp3) is 0.400. The van der Waals surface area contributed by atoms with Gasteiger partial charge in [-0.25, -0.2) is 0 Å². The van der Waals surface area contributed by atoms with Crippen molar-refractivity contribution in [1.29, 1.82) is 0 Å². The molecule has 1 aromatic carbocycles. The smallest absolute Gasteiger partial charge is 0.168 e. The van der Waals surface area contributed by atoms with Gasteiger partial charge in [-0.05, 0) is 17.2 Å². The number of hydrogen-bond donors (Lipinski definition) is 0. The third-order valence-corrected chi connectivity index (χ3v) is 3.40. The lowest BCUT2D eigenvalue weighted by Gasteiger charge is -2.18. The molecule has 0 spiro atoms. The van der Waals surface area contributed by atoms with Gasteiger partial charge in [0.25, 0.3) is 0 Å². The summed E-state index contributed by atoms with van der Waals surface area (Å²) in [6, 6.07) is 5.95. The van der Waals surface area contributed by atoms with E-state index in [2.05, 4.69) is 12.2 Å². The number of ether oxygens (including phenoxy) is 1. The van der Waals surface area contributed by atoms with E-state index in [1.807, 2.05) is 39.0 Å². The quantitative estimate of drug-likeness (QED) is 0.542. The molecule has 0 fully saturated rings. The Kier molecular flexibility index (Phi) is 2.08. The monoisotopic (exact) mass is 228 g/mol. The van der Waals surface area contributed by atoms with Crippen LogP contribution in [-0.2, 0) is 4.74 Å². The molecule has 3 rings (SSSR count). The summed E-state index contributed by atoms with van der Waals surface area (Å²) in [5.74, 6) is 0.187. The average molecular weight is 228 g/mol. The Hall–Kier alpha value is -1.41. The van der Waals surface area contributed by atoms with Crippen LogP contribution in [0.5, 0.6) is 0 Å². The number of Topliss-reactive ketones (excluding diaryl/α,β-unsaturated/α-hetero) is 1. The number of hydrogen-bond acceptors (Lipinski definition) is 2. The molecule has 2 unspecified atom stereocenters. The highest BCUT2D eigenvalue weighted by atomic mass is 16.5. The lowest BCUT2D eigenvalue weighted by molar-refractivity contribution is 0.0856. The Morgan fingerprint density at radius 2 is 1.76 bits per heavy atom. The highest BCUT2D eigenvalue weighted by molar-refractivity contribution is 6.00. The molecule has 2 bridgehead atoms. The Morgan fingerprint density at radius 3 is 2.41 bits per heavy atom. The number of benzene rings is 1. The number of rotatable bonds is 1. The maximum Gasteiger partial charge on any atom is 0.168 e. The number of ketones is 1. The summed E-state index contributed by atoms with van der Waals surface area (Å²) in [6.45, 7) is 5.85. The molecule has 0 saturated carbocycles. The predicted octanol–water partition coefficient (Wildman–Crippen LogP) is 3.60. The van der Waals surface area contributed by atoms with Crippen LogP contribution in [0.4, 0.5) is 0 Å². The van der Waals surface area contributed by atoms with Crippen LogP contribution in [0.25, 0.3) is 0 Å². The summed E-state index contributed by atoms with van der Waals surface area (Å²) >= 11 is 0. The van der Waals surface area contributed by atoms with Crippen LogP contribution < -0.4 is 0 Å². The van der Waals surface area contributed by atoms with Crippen LogP contribution in [0.3, 0.4) is 0 Å². The molecule has 0 radical (unpaired) electrons. The van der Waals surface area contributed by atoms with Gasteiger partial charge in [0.2, 0.25) is 0 Å². The minimum atomic E-state index is -0.331. The molecule has 17 heavy (non-hydrogen) atoms. The van der Waals surface area contributed by atoms with Crippen LogP contribution in [0.1, 0.15) is 54.5 Å². The Balaban J connectivity index is 2.02. The zero-order chi connectivity index (χ0) is 12.2. The van der Waals surface area contributed by atoms with Gasteiger partial charge in [-0.1, -0.05) is 45.1 Å². The summed E-state index contributed by atoms with van der Waals surface area (Å²) in [4.78, 5) is 12.2. The van der Waals surface area contributed by atoms with Crippen molar-refractivity contribution >= 4 is 5.78 Å². The van der Waals surface area contributed by atoms with Crippen LogP contribution in [0.2, 0.25) is 0 Å². The van der Waals surface area contributed by atoms with Gasteiger partial charge in [0.1, 0.15) is 12.2 Å². The number of carbonyl (C=O) groups excluding carboxylic acids is 1. The van der Waals surface area contributed by atoms with Crippen molar-refractivity contribution in [3.8, 4) is 0 Å². The molecular formula is C15H16O2. The molecule has 0 amide bonds. The molecule has 1 aromatic rings. The van der Waals surface area contributed by atoms with Gasteiger partial charge in [0, 0.05) is 11.0 Å². The first-order valence-electron chi connectivity index (χ1n) is 5.99. The van der Waals surface area contributed by atoms with Crippen molar-refractivity contribution < 1.29 is 9.53 Å². The molecule has 0 saturated heterocycles. The molecule has 0 aromatic heterocycles. The van der Waals surface area contributed by atoms with Crippen LogP contribution in [0, 0.1) is 5.41 Å². The van der Waals surface area contributed by atoms with Crippen molar-refractivity contribution in [3.05, 3.63) is 47.0 Å². The second-order valence-electron chi connectivity index (χ2n) is 5.79. The van der Waals surface area contributed by atoms with Crippen molar-refractivity contribution in [2.75, 3.05) is 0 Å². The van der Waals surface area contributed by atoms with Crippen molar-refractivity contribution in [3.63, 3.8) is 0 Å². The molecule has 2 aliphatic rings. The van der Waals surface area contributed by atoms with Gasteiger partial charge in [-0.3, -0.25) is 4.79 Å². The lowest BCUT2D eigenvalue weighted by Crippen LogP contribution is -2.20. The van der Waals surface area contributed by atoms with Gasteiger partial charge >= 0.3 is 0 Å². The van der Waals surface area contributed by atoms with Gasteiger partial charge in [0.15, 0.2) is 5.78 Å². The van der Waals surface area contributed by atoms with Crippen molar-refractivity contribution in [2.45, 2.75) is 33.0 Å². The summed E-state index contributed by atoms with van der Waals surface area (Å²) in [5, 5.41) is 0. The van der Waals surface area contributed by atoms with Gasteiger partial charge in [0.05, 0.1) is 0 Å². The zero-order valence-electron chi connectivity index (χ0n) is 10.4.